The van der Waals surface area contributed by atoms with Gasteiger partial charge >= 0.3 is 16.5 Å². The van der Waals surface area contributed by atoms with Gasteiger partial charge in [0.2, 0.25) is 0 Å². The molecule has 2 unspecified atom stereocenters. The van der Waals surface area contributed by atoms with Crippen LogP contribution in [0.1, 0.15) is 6.23 Å². The average Bonchev–Trinajstić information content (AvgIpc) is 3.16. The summed E-state index contributed by atoms with van der Waals surface area (Å²) in [6, 6.07) is 0. The number of anilines is 1. The second-order valence-electron chi connectivity index (χ2n) is 5.36. The molecule has 1 aliphatic rings. The highest BCUT2D eigenvalue weighted by Gasteiger charge is 2.44. The number of nitrogen functional groups attached to an aromatic ring is 1. The third kappa shape index (κ3) is 4.51. The van der Waals surface area contributed by atoms with Crippen LogP contribution in [0.25, 0.3) is 11.2 Å². The van der Waals surface area contributed by atoms with Crippen LogP contribution >= 0.6 is 16.5 Å². The second-order valence-corrected chi connectivity index (χ2v) is 7.26. The predicted molar refractivity (Wildman–Crippen MR) is 88.9 cm³/mol. The van der Waals surface area contributed by atoms with Gasteiger partial charge in [-0.05, 0) is 0 Å². The molecule has 3 heterocycles. The van der Waals surface area contributed by atoms with E-state index in [1.807, 2.05) is 0 Å². The zero-order chi connectivity index (χ0) is 19.6. The minimum atomic E-state index is -3.21. The molecule has 1 aliphatic heterocycles. The fourth-order valence-electron chi connectivity index (χ4n) is 2.47. The number of ether oxygens (including phenoxy) is 1. The van der Waals surface area contributed by atoms with Crippen LogP contribution in [-0.4, -0.2) is 66.3 Å². The van der Waals surface area contributed by atoms with E-state index in [0.29, 0.717) is 11.2 Å². The fraction of sp³-hybridized carbons (Fsp3) is 0.545. The molecule has 2 aromatic heterocycles. The van der Waals surface area contributed by atoms with Crippen LogP contribution in [0.15, 0.2) is 12.7 Å². The zero-order valence-electron chi connectivity index (χ0n) is 13.5. The first kappa shape index (κ1) is 20.3. The first-order chi connectivity index (χ1) is 12.9. The van der Waals surface area contributed by atoms with Gasteiger partial charge in [0.15, 0.2) is 24.5 Å². The van der Waals surface area contributed by atoms with Crippen LogP contribution in [0.4, 0.5) is 5.82 Å². The molecule has 2 aromatic rings. The van der Waals surface area contributed by atoms with E-state index in [1.165, 1.54) is 17.2 Å². The maximum Gasteiger partial charge on any atom is 0.321 e. The number of nitrogens with two attached hydrogens (primary N) is 1. The van der Waals surface area contributed by atoms with Crippen molar-refractivity contribution in [3.63, 3.8) is 0 Å². The summed E-state index contributed by atoms with van der Waals surface area (Å²) in [6.45, 7) is -1.06. The molecule has 0 aromatic carbocycles. The molecule has 5 N–H and O–H groups in total. The SMILES string of the molecule is Nc1ncnc2c1ncn2[C@@H]1O[C@H](CO[PH](=O)OCO[PH](=O)O)[C@@H](O)[C@H]1O. The lowest BCUT2D eigenvalue weighted by Gasteiger charge is -2.16. The van der Waals surface area contributed by atoms with E-state index in [2.05, 4.69) is 24.0 Å². The highest BCUT2D eigenvalue weighted by Crippen LogP contribution is 2.34. The Kier molecular flexibility index (Phi) is 6.52. The Balaban J connectivity index is 1.63. The van der Waals surface area contributed by atoms with E-state index in [0.717, 1.165) is 0 Å². The van der Waals surface area contributed by atoms with Crippen molar-refractivity contribution < 1.29 is 42.5 Å². The summed E-state index contributed by atoms with van der Waals surface area (Å²) < 4.78 is 42.5. The summed E-state index contributed by atoms with van der Waals surface area (Å²) in [6.07, 6.45) is -2.22. The molecule has 16 heteroatoms. The number of hydrogen-bond donors (Lipinski definition) is 4. The van der Waals surface area contributed by atoms with E-state index >= 15 is 0 Å². The zero-order valence-corrected chi connectivity index (χ0v) is 15.5. The van der Waals surface area contributed by atoms with Gasteiger partial charge in [0, 0.05) is 0 Å². The highest BCUT2D eigenvalue weighted by atomic mass is 31.1. The van der Waals surface area contributed by atoms with Crippen molar-refractivity contribution >= 4 is 33.5 Å². The first-order valence-corrected chi connectivity index (χ1v) is 9.97. The highest BCUT2D eigenvalue weighted by molar-refractivity contribution is 7.33. The number of hydrogen-bond acceptors (Lipinski definition) is 12. The van der Waals surface area contributed by atoms with Gasteiger partial charge in [-0.2, -0.15) is 0 Å². The molecule has 0 aliphatic carbocycles. The predicted octanol–water partition coefficient (Wildman–Crippen LogP) is -1.19. The minimum Gasteiger partial charge on any atom is -0.387 e. The Labute approximate surface area is 152 Å². The van der Waals surface area contributed by atoms with Gasteiger partial charge in [0.25, 0.3) is 0 Å². The van der Waals surface area contributed by atoms with Gasteiger partial charge in [0.05, 0.1) is 12.9 Å². The van der Waals surface area contributed by atoms with Crippen molar-refractivity contribution in [2.75, 3.05) is 19.1 Å². The van der Waals surface area contributed by atoms with Crippen LogP contribution in [0.3, 0.4) is 0 Å². The molecule has 0 saturated carbocycles. The second kappa shape index (κ2) is 8.69. The van der Waals surface area contributed by atoms with E-state index < -0.39 is 47.8 Å². The van der Waals surface area contributed by atoms with E-state index in [9.17, 15) is 19.3 Å². The normalized spacial score (nSPS) is 27.8. The number of fused-ring (bicyclic) bond motifs is 1. The van der Waals surface area contributed by atoms with Crippen molar-refractivity contribution in [3.05, 3.63) is 12.7 Å². The van der Waals surface area contributed by atoms with Crippen molar-refractivity contribution in [3.8, 4) is 0 Å². The molecule has 0 bridgehead atoms. The molecule has 27 heavy (non-hydrogen) atoms. The standard InChI is InChI=1S/C11H17N5O9P2/c12-9-6-10(14-2-13-9)16(3-15-6)11-8(18)7(17)5(25-11)1-22-27(21)24-4-23-26(19)20/h2-3,5,7-8,11,17-18,26-27H,1,4H2,(H,19,20)(H2,12,13,14)/t5-,7-,8-,11-/m1/s1. The molecule has 6 atom stereocenters. The minimum absolute atomic E-state index is 0.148. The summed E-state index contributed by atoms with van der Waals surface area (Å²) in [7, 11) is -6.27. The number of aromatic nitrogens is 4. The molecular weight excluding hydrogens is 408 g/mol. The number of nitrogens with zero attached hydrogens (tertiary/aromatic N) is 4. The van der Waals surface area contributed by atoms with Gasteiger partial charge in [-0.25, -0.2) is 15.0 Å². The maximum absolute atomic E-state index is 11.5. The van der Waals surface area contributed by atoms with E-state index in [4.69, 9.17) is 19.9 Å². The van der Waals surface area contributed by atoms with Gasteiger partial charge in [-0.3, -0.25) is 22.7 Å². The van der Waals surface area contributed by atoms with Crippen molar-refractivity contribution in [2.24, 2.45) is 0 Å². The van der Waals surface area contributed by atoms with Crippen LogP contribution < -0.4 is 5.73 Å². The van der Waals surface area contributed by atoms with Crippen molar-refractivity contribution in [2.45, 2.75) is 24.5 Å². The number of imidazole rings is 1. The quantitative estimate of drug-likeness (QED) is 0.291. The summed E-state index contributed by atoms with van der Waals surface area (Å²) in [5.74, 6) is 0.148. The fourth-order valence-corrected chi connectivity index (χ4v) is 3.29. The molecule has 0 spiro atoms. The van der Waals surface area contributed by atoms with Gasteiger partial charge in [0.1, 0.15) is 30.2 Å². The summed E-state index contributed by atoms with van der Waals surface area (Å²) in [4.78, 5) is 20.4. The average molecular weight is 425 g/mol. The van der Waals surface area contributed by atoms with Crippen LogP contribution in [-0.2, 0) is 27.4 Å². The number of rotatable bonds is 8. The molecule has 3 rings (SSSR count). The number of aliphatic hydroxyl groups excluding tert-OH is 2. The first-order valence-electron chi connectivity index (χ1n) is 7.48. The van der Waals surface area contributed by atoms with Gasteiger partial charge in [-0.15, -0.1) is 0 Å². The van der Waals surface area contributed by atoms with Crippen LogP contribution in [0.5, 0.6) is 0 Å². The van der Waals surface area contributed by atoms with E-state index in [1.54, 1.807) is 0 Å². The Morgan fingerprint density at radius 1 is 1.19 bits per heavy atom. The molecule has 0 radical (unpaired) electrons. The lowest BCUT2D eigenvalue weighted by molar-refractivity contribution is -0.0489. The molecular formula is C11H17N5O9P2. The lowest BCUT2D eigenvalue weighted by Crippen LogP contribution is -2.33. The third-order valence-electron chi connectivity index (χ3n) is 3.72. The molecule has 1 fully saturated rings. The maximum atomic E-state index is 11.5. The Morgan fingerprint density at radius 3 is 2.70 bits per heavy atom. The largest absolute Gasteiger partial charge is 0.387 e. The van der Waals surface area contributed by atoms with E-state index in [-0.39, 0.29) is 12.4 Å². The molecule has 150 valence electrons. The van der Waals surface area contributed by atoms with Crippen LogP contribution in [0, 0.1) is 0 Å². The smallest absolute Gasteiger partial charge is 0.321 e. The summed E-state index contributed by atoms with van der Waals surface area (Å²) >= 11 is 0. The molecule has 14 nitrogen and oxygen atoms in total. The van der Waals surface area contributed by atoms with Crippen molar-refractivity contribution in [1.82, 2.24) is 19.5 Å². The number of aliphatic hydroxyl groups is 2. The Bertz CT molecular complexity index is 851. The molecule has 1 saturated heterocycles. The Hall–Kier alpha value is -1.47. The third-order valence-corrected chi connectivity index (χ3v) is 4.84. The van der Waals surface area contributed by atoms with Crippen LogP contribution in [0.2, 0.25) is 0 Å². The summed E-state index contributed by atoms with van der Waals surface area (Å²) in [5.41, 5.74) is 6.32. The molecule has 0 amide bonds. The Morgan fingerprint density at radius 2 is 1.96 bits per heavy atom. The van der Waals surface area contributed by atoms with Gasteiger partial charge in [-0.1, -0.05) is 0 Å². The monoisotopic (exact) mass is 425 g/mol. The topological polar surface area (TPSA) is 201 Å². The lowest BCUT2D eigenvalue weighted by atomic mass is 10.1. The summed E-state index contributed by atoms with van der Waals surface area (Å²) in [5, 5.41) is 20.4. The van der Waals surface area contributed by atoms with Gasteiger partial charge < -0.3 is 30.1 Å². The van der Waals surface area contributed by atoms with Crippen molar-refractivity contribution in [1.29, 1.82) is 0 Å².